The molecule has 3 aromatic rings. The van der Waals surface area contributed by atoms with E-state index in [1.54, 1.807) is 24.5 Å². The minimum absolute atomic E-state index is 0.117. The molecule has 0 saturated heterocycles. The fourth-order valence-corrected chi connectivity index (χ4v) is 3.87. The number of benzene rings is 2. The van der Waals surface area contributed by atoms with Crippen LogP contribution in [-0.2, 0) is 4.79 Å². The monoisotopic (exact) mass is 459 g/mol. The van der Waals surface area contributed by atoms with Gasteiger partial charge in [-0.2, -0.15) is 0 Å². The van der Waals surface area contributed by atoms with E-state index in [9.17, 15) is 4.79 Å². The van der Waals surface area contributed by atoms with Gasteiger partial charge in [-0.1, -0.05) is 43.1 Å². The van der Waals surface area contributed by atoms with Crippen LogP contribution >= 0.6 is 23.2 Å². The van der Waals surface area contributed by atoms with Gasteiger partial charge in [0.2, 0.25) is 5.91 Å². The number of ether oxygens (including phenoxy) is 1. The highest BCUT2D eigenvalue weighted by molar-refractivity contribution is 6.36. The van der Waals surface area contributed by atoms with Crippen molar-refractivity contribution in [2.45, 2.75) is 34.1 Å². The lowest BCUT2D eigenvalue weighted by atomic mass is 9.99. The highest BCUT2D eigenvalue weighted by Crippen LogP contribution is 2.40. The van der Waals surface area contributed by atoms with Crippen LogP contribution in [-0.4, -0.2) is 19.1 Å². The normalized spacial score (nSPS) is 11.9. The van der Waals surface area contributed by atoms with Crippen molar-refractivity contribution in [1.82, 2.24) is 5.32 Å². The third kappa shape index (κ3) is 5.63. The summed E-state index contributed by atoms with van der Waals surface area (Å²) in [6.07, 6.45) is 4.23. The summed E-state index contributed by atoms with van der Waals surface area (Å²) in [6.45, 7) is 9.24. The molecule has 0 aliphatic heterocycles. The van der Waals surface area contributed by atoms with Gasteiger partial charge in [0.15, 0.2) is 0 Å². The smallest absolute Gasteiger partial charge is 0.244 e. The molecule has 4 nitrogen and oxygen atoms in total. The maximum Gasteiger partial charge on any atom is 0.244 e. The largest absolute Gasteiger partial charge is 0.493 e. The lowest BCUT2D eigenvalue weighted by Crippen LogP contribution is -2.23. The molecule has 1 amide bonds. The number of carbonyl (C=O) groups excluding carboxylic acids is 1. The Morgan fingerprint density at radius 1 is 1.19 bits per heavy atom. The molecule has 164 valence electrons. The van der Waals surface area contributed by atoms with E-state index in [2.05, 4.69) is 19.2 Å². The SMILES string of the molecule is CCOc1cc2occ(-c3ccc(Cl)cc3Cl)c2cc1/C(C)=C/C(=O)NCCC(C)C. The lowest BCUT2D eigenvalue weighted by molar-refractivity contribution is -0.116. The molecule has 1 N–H and O–H groups in total. The summed E-state index contributed by atoms with van der Waals surface area (Å²) in [5.74, 6) is 1.09. The van der Waals surface area contributed by atoms with Crippen LogP contribution in [0.4, 0.5) is 0 Å². The summed E-state index contributed by atoms with van der Waals surface area (Å²) in [6, 6.07) is 9.21. The molecule has 1 aromatic heterocycles. The van der Waals surface area contributed by atoms with Gasteiger partial charge in [-0.3, -0.25) is 4.79 Å². The van der Waals surface area contributed by atoms with Gasteiger partial charge in [0.25, 0.3) is 0 Å². The van der Waals surface area contributed by atoms with Crippen molar-refractivity contribution >= 4 is 45.7 Å². The summed E-state index contributed by atoms with van der Waals surface area (Å²) in [5, 5.41) is 4.94. The quantitative estimate of drug-likeness (QED) is 0.357. The Morgan fingerprint density at radius 3 is 2.65 bits per heavy atom. The van der Waals surface area contributed by atoms with Crippen LogP contribution in [0, 0.1) is 5.92 Å². The standard InChI is InChI=1S/C25H27Cl2NO3/c1-5-30-23-13-24-20(21(14-31-24)18-7-6-17(26)11-22(18)27)12-19(23)16(4)10-25(29)28-9-8-15(2)3/h6-7,10-15H,5,8-9H2,1-4H3,(H,28,29)/b16-10+. The van der Waals surface area contributed by atoms with Crippen LogP contribution in [0.15, 0.2) is 47.1 Å². The van der Waals surface area contributed by atoms with Crippen molar-refractivity contribution in [3.63, 3.8) is 0 Å². The molecule has 0 spiro atoms. The topological polar surface area (TPSA) is 51.5 Å². The predicted molar refractivity (Wildman–Crippen MR) is 129 cm³/mol. The summed E-state index contributed by atoms with van der Waals surface area (Å²) < 4.78 is 11.6. The number of amides is 1. The minimum atomic E-state index is -0.117. The zero-order valence-electron chi connectivity index (χ0n) is 18.2. The first-order valence-electron chi connectivity index (χ1n) is 10.4. The molecule has 0 fully saturated rings. The average molecular weight is 460 g/mol. The highest BCUT2D eigenvalue weighted by Gasteiger charge is 2.17. The molecule has 0 saturated carbocycles. The van der Waals surface area contributed by atoms with Gasteiger partial charge in [-0.15, -0.1) is 0 Å². The average Bonchev–Trinajstić information content (AvgIpc) is 3.10. The van der Waals surface area contributed by atoms with E-state index in [-0.39, 0.29) is 5.91 Å². The molecule has 0 atom stereocenters. The van der Waals surface area contributed by atoms with Crippen molar-refractivity contribution in [3.05, 3.63) is 58.3 Å². The molecule has 3 rings (SSSR count). The second-order valence-electron chi connectivity index (χ2n) is 7.85. The van der Waals surface area contributed by atoms with Crippen LogP contribution in [0.5, 0.6) is 5.75 Å². The van der Waals surface area contributed by atoms with Gasteiger partial charge in [-0.05, 0) is 50.0 Å². The van der Waals surface area contributed by atoms with E-state index >= 15 is 0 Å². The molecular weight excluding hydrogens is 433 g/mol. The van der Waals surface area contributed by atoms with E-state index in [0.29, 0.717) is 40.4 Å². The second-order valence-corrected chi connectivity index (χ2v) is 8.70. The molecular formula is C25H27Cl2NO3. The molecule has 0 unspecified atom stereocenters. The third-order valence-corrected chi connectivity index (χ3v) is 5.54. The minimum Gasteiger partial charge on any atom is -0.493 e. The number of fused-ring (bicyclic) bond motifs is 1. The Kier molecular flexibility index (Phi) is 7.69. The van der Waals surface area contributed by atoms with E-state index < -0.39 is 0 Å². The van der Waals surface area contributed by atoms with Crippen LogP contribution in [0.1, 0.15) is 39.7 Å². The van der Waals surface area contributed by atoms with E-state index in [0.717, 1.165) is 34.1 Å². The number of halogens is 2. The van der Waals surface area contributed by atoms with Crippen molar-refractivity contribution in [1.29, 1.82) is 0 Å². The number of carbonyl (C=O) groups is 1. The van der Waals surface area contributed by atoms with Gasteiger partial charge in [-0.25, -0.2) is 0 Å². The second kappa shape index (κ2) is 10.3. The Bertz CT molecular complexity index is 1120. The molecule has 0 aliphatic rings. The van der Waals surface area contributed by atoms with Gasteiger partial charge in [0.05, 0.1) is 17.9 Å². The fraction of sp³-hybridized carbons (Fsp3) is 0.320. The molecule has 1 heterocycles. The number of hydrogen-bond acceptors (Lipinski definition) is 3. The van der Waals surface area contributed by atoms with Crippen LogP contribution < -0.4 is 10.1 Å². The first-order valence-corrected chi connectivity index (χ1v) is 11.2. The zero-order chi connectivity index (χ0) is 22.5. The first-order chi connectivity index (χ1) is 14.8. The van der Waals surface area contributed by atoms with Gasteiger partial charge in [0.1, 0.15) is 11.3 Å². The van der Waals surface area contributed by atoms with Gasteiger partial charge < -0.3 is 14.5 Å². The van der Waals surface area contributed by atoms with Gasteiger partial charge in [0, 0.05) is 45.8 Å². The van der Waals surface area contributed by atoms with Crippen LogP contribution in [0.2, 0.25) is 10.0 Å². The van der Waals surface area contributed by atoms with E-state index in [1.807, 2.05) is 32.0 Å². The van der Waals surface area contributed by atoms with Crippen molar-refractivity contribution < 1.29 is 13.9 Å². The summed E-state index contributed by atoms with van der Waals surface area (Å²) in [5.41, 5.74) is 4.01. The maximum absolute atomic E-state index is 12.4. The molecule has 0 aliphatic carbocycles. The number of furan rings is 1. The number of hydrogen-bond donors (Lipinski definition) is 1. The fourth-order valence-electron chi connectivity index (χ4n) is 3.36. The Balaban J connectivity index is 2.02. The lowest BCUT2D eigenvalue weighted by Gasteiger charge is -2.12. The zero-order valence-corrected chi connectivity index (χ0v) is 19.7. The van der Waals surface area contributed by atoms with Crippen LogP contribution in [0.25, 0.3) is 27.7 Å². The molecule has 2 aromatic carbocycles. The molecule has 0 radical (unpaired) electrons. The molecule has 6 heteroatoms. The van der Waals surface area contributed by atoms with E-state index in [1.165, 1.54) is 0 Å². The predicted octanol–water partition coefficient (Wildman–Crippen LogP) is 7.37. The van der Waals surface area contributed by atoms with Crippen LogP contribution in [0.3, 0.4) is 0 Å². The number of nitrogens with one attached hydrogen (secondary N) is 1. The number of rotatable bonds is 8. The highest BCUT2D eigenvalue weighted by atomic mass is 35.5. The van der Waals surface area contributed by atoms with E-state index in [4.69, 9.17) is 32.4 Å². The Hall–Kier alpha value is -2.43. The van der Waals surface area contributed by atoms with Gasteiger partial charge >= 0.3 is 0 Å². The van der Waals surface area contributed by atoms with Crippen molar-refractivity contribution in [3.8, 4) is 16.9 Å². The summed E-state index contributed by atoms with van der Waals surface area (Å²) >= 11 is 12.5. The van der Waals surface area contributed by atoms with Crippen molar-refractivity contribution in [2.24, 2.45) is 5.92 Å². The molecule has 31 heavy (non-hydrogen) atoms. The third-order valence-electron chi connectivity index (χ3n) is 4.99. The number of allylic oxidation sites excluding steroid dienone is 1. The Morgan fingerprint density at radius 2 is 1.97 bits per heavy atom. The molecule has 0 bridgehead atoms. The van der Waals surface area contributed by atoms with Crippen molar-refractivity contribution in [2.75, 3.05) is 13.2 Å². The summed E-state index contributed by atoms with van der Waals surface area (Å²) in [4.78, 5) is 12.4. The Labute approximate surface area is 193 Å². The maximum atomic E-state index is 12.4. The summed E-state index contributed by atoms with van der Waals surface area (Å²) in [7, 11) is 0. The first kappa shape index (κ1) is 23.2.